The molecule has 6 heteroatoms. The molecule has 0 aromatic heterocycles. The molecular weight excluding hydrogens is 294 g/mol. The Hall–Kier alpha value is -2.10. The summed E-state index contributed by atoms with van der Waals surface area (Å²) in [5.41, 5.74) is 2.18. The van der Waals surface area contributed by atoms with E-state index in [-0.39, 0.29) is 5.91 Å². The highest BCUT2D eigenvalue weighted by atomic mass is 16.5. The lowest BCUT2D eigenvalue weighted by atomic mass is 10.0. The van der Waals surface area contributed by atoms with Crippen molar-refractivity contribution in [3.63, 3.8) is 0 Å². The minimum atomic E-state index is -0.575. The first-order valence-corrected chi connectivity index (χ1v) is 8.03. The Morgan fingerprint density at radius 3 is 3.26 bits per heavy atom. The Morgan fingerprint density at radius 2 is 2.39 bits per heavy atom. The van der Waals surface area contributed by atoms with Gasteiger partial charge in [-0.2, -0.15) is 5.26 Å². The highest BCUT2D eigenvalue weighted by Gasteiger charge is 2.23. The van der Waals surface area contributed by atoms with Gasteiger partial charge in [0.1, 0.15) is 17.9 Å². The summed E-state index contributed by atoms with van der Waals surface area (Å²) >= 11 is 0. The normalized spacial score (nSPS) is 21.4. The number of rotatable bonds is 4. The molecule has 2 aliphatic rings. The van der Waals surface area contributed by atoms with E-state index in [0.29, 0.717) is 26.2 Å². The summed E-state index contributed by atoms with van der Waals surface area (Å²) in [7, 11) is 0. The van der Waals surface area contributed by atoms with E-state index in [2.05, 4.69) is 16.7 Å². The van der Waals surface area contributed by atoms with Crippen LogP contribution in [-0.2, 0) is 22.4 Å². The van der Waals surface area contributed by atoms with Crippen LogP contribution in [0.15, 0.2) is 18.2 Å². The van der Waals surface area contributed by atoms with Gasteiger partial charge in [-0.25, -0.2) is 0 Å². The molecule has 1 fully saturated rings. The van der Waals surface area contributed by atoms with Crippen molar-refractivity contribution in [3.05, 3.63) is 29.3 Å². The van der Waals surface area contributed by atoms with Crippen LogP contribution in [0.4, 0.5) is 0 Å². The average molecular weight is 315 g/mol. The van der Waals surface area contributed by atoms with Crippen molar-refractivity contribution in [2.24, 2.45) is 0 Å². The summed E-state index contributed by atoms with van der Waals surface area (Å²) in [5.74, 6) is 0.658. The molecule has 2 atom stereocenters. The molecule has 0 aliphatic carbocycles. The summed E-state index contributed by atoms with van der Waals surface area (Å²) in [6, 6.07) is 7.57. The van der Waals surface area contributed by atoms with Crippen molar-refractivity contribution in [1.82, 2.24) is 10.6 Å². The van der Waals surface area contributed by atoms with E-state index in [4.69, 9.17) is 9.47 Å². The lowest BCUT2D eigenvalue weighted by molar-refractivity contribution is -0.132. The molecule has 122 valence electrons. The van der Waals surface area contributed by atoms with Gasteiger partial charge in [0.15, 0.2) is 0 Å². The maximum Gasteiger partial charge on any atom is 0.251 e. The number of amides is 1. The molecule has 2 aliphatic heterocycles. The quantitative estimate of drug-likeness (QED) is 0.848. The first-order chi connectivity index (χ1) is 11.3. The van der Waals surface area contributed by atoms with Gasteiger partial charge in [0.2, 0.25) is 0 Å². The summed E-state index contributed by atoms with van der Waals surface area (Å²) in [6.07, 6.45) is 1.75. The Bertz CT molecular complexity index is 604. The van der Waals surface area contributed by atoms with E-state index in [1.54, 1.807) is 0 Å². The van der Waals surface area contributed by atoms with Gasteiger partial charge in [0.25, 0.3) is 5.91 Å². The summed E-state index contributed by atoms with van der Waals surface area (Å²) in [6.45, 7) is 2.60. The molecular formula is C17H21N3O3. The van der Waals surface area contributed by atoms with E-state index in [1.807, 2.05) is 18.2 Å². The molecule has 2 heterocycles. The Labute approximate surface area is 135 Å². The zero-order valence-electron chi connectivity index (χ0n) is 13.0. The topological polar surface area (TPSA) is 83.4 Å². The number of carbonyl (C=O) groups is 1. The highest BCUT2D eigenvalue weighted by Crippen LogP contribution is 2.26. The van der Waals surface area contributed by atoms with Crippen molar-refractivity contribution < 1.29 is 14.3 Å². The van der Waals surface area contributed by atoms with Gasteiger partial charge < -0.3 is 20.1 Å². The zero-order chi connectivity index (χ0) is 16.1. The number of nitriles is 1. The third kappa shape index (κ3) is 4.01. The third-order valence-corrected chi connectivity index (χ3v) is 4.11. The van der Waals surface area contributed by atoms with Gasteiger partial charge in [-0.3, -0.25) is 4.79 Å². The first-order valence-electron chi connectivity index (χ1n) is 8.03. The molecule has 0 saturated carbocycles. The van der Waals surface area contributed by atoms with Gasteiger partial charge in [-0.05, 0) is 30.2 Å². The van der Waals surface area contributed by atoms with Gasteiger partial charge >= 0.3 is 0 Å². The predicted molar refractivity (Wildman–Crippen MR) is 84.1 cm³/mol. The Kier molecular flexibility index (Phi) is 5.11. The predicted octanol–water partition coefficient (Wildman–Crippen LogP) is 0.551. The van der Waals surface area contributed by atoms with Crippen LogP contribution in [0.2, 0.25) is 0 Å². The smallest absolute Gasteiger partial charge is 0.251 e. The maximum absolute atomic E-state index is 12.2. The van der Waals surface area contributed by atoms with E-state index in [0.717, 1.165) is 30.7 Å². The van der Waals surface area contributed by atoms with Crippen molar-refractivity contribution in [1.29, 1.82) is 5.26 Å². The minimum Gasteiger partial charge on any atom is -0.493 e. The fourth-order valence-corrected chi connectivity index (χ4v) is 2.85. The van der Waals surface area contributed by atoms with E-state index in [1.165, 1.54) is 5.56 Å². The standard InChI is InChI=1S/C17H21N3O3/c18-10-14(20-17(21)16-11-19-5-1-6-22-16)8-12-2-3-13-4-7-23-15(13)9-12/h2-3,9,14,16,19H,1,4-8,11H2,(H,20,21)/t14-,16-/m0/s1. The number of ether oxygens (including phenoxy) is 2. The van der Waals surface area contributed by atoms with Crippen molar-refractivity contribution in [2.45, 2.75) is 31.4 Å². The van der Waals surface area contributed by atoms with Crippen LogP contribution in [0.1, 0.15) is 17.5 Å². The second-order valence-electron chi connectivity index (χ2n) is 5.85. The van der Waals surface area contributed by atoms with Crippen LogP contribution < -0.4 is 15.4 Å². The number of hydrogen-bond acceptors (Lipinski definition) is 5. The van der Waals surface area contributed by atoms with Crippen LogP contribution in [0.3, 0.4) is 0 Å². The Balaban J connectivity index is 1.59. The molecule has 3 rings (SSSR count). The second-order valence-corrected chi connectivity index (χ2v) is 5.85. The second kappa shape index (κ2) is 7.44. The number of fused-ring (bicyclic) bond motifs is 1. The number of nitrogens with one attached hydrogen (secondary N) is 2. The maximum atomic E-state index is 12.2. The summed E-state index contributed by atoms with van der Waals surface area (Å²) in [4.78, 5) is 12.2. The monoisotopic (exact) mass is 315 g/mol. The molecule has 6 nitrogen and oxygen atoms in total. The fraction of sp³-hybridized carbons (Fsp3) is 0.529. The molecule has 0 spiro atoms. The van der Waals surface area contributed by atoms with E-state index < -0.39 is 12.1 Å². The zero-order valence-corrected chi connectivity index (χ0v) is 13.0. The van der Waals surface area contributed by atoms with Crippen LogP contribution in [-0.4, -0.2) is 44.4 Å². The lowest BCUT2D eigenvalue weighted by Gasteiger charge is -2.18. The SMILES string of the molecule is N#C[C@H](Cc1ccc2c(c1)OCC2)NC(=O)[C@@H]1CNCCCO1. The fourth-order valence-electron chi connectivity index (χ4n) is 2.85. The molecule has 1 saturated heterocycles. The number of carbonyl (C=O) groups excluding carboxylic acids is 1. The number of nitrogens with zero attached hydrogens (tertiary/aromatic N) is 1. The average Bonchev–Trinajstić information content (AvgIpc) is 2.85. The van der Waals surface area contributed by atoms with Crippen molar-refractivity contribution in [3.8, 4) is 11.8 Å². The number of benzene rings is 1. The summed E-state index contributed by atoms with van der Waals surface area (Å²) < 4.78 is 11.1. The molecule has 1 aromatic carbocycles. The molecule has 23 heavy (non-hydrogen) atoms. The van der Waals surface area contributed by atoms with E-state index in [9.17, 15) is 10.1 Å². The third-order valence-electron chi connectivity index (χ3n) is 4.11. The van der Waals surface area contributed by atoms with Crippen LogP contribution in [0.25, 0.3) is 0 Å². The van der Waals surface area contributed by atoms with Gasteiger partial charge in [-0.15, -0.1) is 0 Å². The van der Waals surface area contributed by atoms with Crippen molar-refractivity contribution >= 4 is 5.91 Å². The van der Waals surface area contributed by atoms with E-state index >= 15 is 0 Å². The Morgan fingerprint density at radius 1 is 1.48 bits per heavy atom. The van der Waals surface area contributed by atoms with Crippen LogP contribution in [0.5, 0.6) is 5.75 Å². The van der Waals surface area contributed by atoms with Crippen LogP contribution >= 0.6 is 0 Å². The van der Waals surface area contributed by atoms with Crippen LogP contribution in [0, 0.1) is 11.3 Å². The molecule has 0 radical (unpaired) electrons. The molecule has 2 N–H and O–H groups in total. The molecule has 0 unspecified atom stereocenters. The van der Waals surface area contributed by atoms with Crippen molar-refractivity contribution in [2.75, 3.05) is 26.3 Å². The van der Waals surface area contributed by atoms with Gasteiger partial charge in [0.05, 0.1) is 12.7 Å². The largest absolute Gasteiger partial charge is 0.493 e. The minimum absolute atomic E-state index is 0.233. The number of hydrogen-bond donors (Lipinski definition) is 2. The molecule has 1 aromatic rings. The van der Waals surface area contributed by atoms with Gasteiger partial charge in [-0.1, -0.05) is 12.1 Å². The molecule has 1 amide bonds. The first kappa shape index (κ1) is 15.8. The molecule has 0 bridgehead atoms. The van der Waals surface area contributed by atoms with Gasteiger partial charge in [0, 0.05) is 26.0 Å². The lowest BCUT2D eigenvalue weighted by Crippen LogP contribution is -2.46. The summed E-state index contributed by atoms with van der Waals surface area (Å²) in [5, 5.41) is 15.3. The highest BCUT2D eigenvalue weighted by molar-refractivity contribution is 5.81.